The van der Waals surface area contributed by atoms with Crippen molar-refractivity contribution in [2.75, 3.05) is 5.75 Å². The molecule has 18 heavy (non-hydrogen) atoms. The lowest BCUT2D eigenvalue weighted by atomic mass is 10.2. The molecule has 0 bridgehead atoms. The van der Waals surface area contributed by atoms with Crippen LogP contribution in [-0.4, -0.2) is 31.5 Å². The highest BCUT2D eigenvalue weighted by atomic mass is 32.2. The van der Waals surface area contributed by atoms with Gasteiger partial charge in [0.05, 0.1) is 11.3 Å². The Kier molecular flexibility index (Phi) is 3.52. The van der Waals surface area contributed by atoms with Gasteiger partial charge in [0.25, 0.3) is 0 Å². The molecule has 0 aliphatic rings. The zero-order valence-electron chi connectivity index (χ0n) is 9.70. The third-order valence-corrected chi connectivity index (χ3v) is 3.37. The molecule has 6 nitrogen and oxygen atoms in total. The SMILES string of the molecule is Cn1c(SCC(N)=O)nnc1-c1ccccc1O. The van der Waals surface area contributed by atoms with Gasteiger partial charge >= 0.3 is 0 Å². The summed E-state index contributed by atoms with van der Waals surface area (Å²) in [5.41, 5.74) is 5.67. The van der Waals surface area contributed by atoms with Crippen molar-refractivity contribution in [1.29, 1.82) is 0 Å². The van der Waals surface area contributed by atoms with Crippen LogP contribution in [0.3, 0.4) is 0 Å². The maximum absolute atomic E-state index is 10.7. The van der Waals surface area contributed by atoms with Crippen LogP contribution in [0.15, 0.2) is 29.4 Å². The van der Waals surface area contributed by atoms with Crippen molar-refractivity contribution in [2.45, 2.75) is 5.16 Å². The number of rotatable bonds is 4. The molecular weight excluding hydrogens is 252 g/mol. The molecule has 1 heterocycles. The van der Waals surface area contributed by atoms with Gasteiger partial charge in [-0.05, 0) is 12.1 Å². The van der Waals surface area contributed by atoms with E-state index in [1.807, 2.05) is 0 Å². The number of phenolic OH excluding ortho intramolecular Hbond substituents is 1. The molecule has 3 N–H and O–H groups in total. The number of para-hydroxylation sites is 1. The van der Waals surface area contributed by atoms with Crippen molar-refractivity contribution >= 4 is 17.7 Å². The van der Waals surface area contributed by atoms with Crippen LogP contribution < -0.4 is 5.73 Å². The van der Waals surface area contributed by atoms with Gasteiger partial charge in [0.2, 0.25) is 5.91 Å². The molecule has 1 amide bonds. The summed E-state index contributed by atoms with van der Waals surface area (Å²) >= 11 is 1.21. The van der Waals surface area contributed by atoms with Gasteiger partial charge in [0.15, 0.2) is 11.0 Å². The molecule has 2 rings (SSSR count). The van der Waals surface area contributed by atoms with Gasteiger partial charge in [-0.25, -0.2) is 0 Å². The van der Waals surface area contributed by atoms with E-state index in [-0.39, 0.29) is 11.5 Å². The number of phenols is 1. The number of nitrogens with two attached hydrogens (primary N) is 1. The lowest BCUT2D eigenvalue weighted by Gasteiger charge is -2.04. The second-order valence-electron chi connectivity index (χ2n) is 3.64. The minimum absolute atomic E-state index is 0.138. The van der Waals surface area contributed by atoms with Gasteiger partial charge in [-0.15, -0.1) is 10.2 Å². The van der Waals surface area contributed by atoms with E-state index in [4.69, 9.17) is 5.73 Å². The number of primary amides is 1. The highest BCUT2D eigenvalue weighted by Gasteiger charge is 2.14. The number of benzene rings is 1. The van der Waals surface area contributed by atoms with Gasteiger partial charge in [0, 0.05) is 7.05 Å². The van der Waals surface area contributed by atoms with E-state index in [2.05, 4.69) is 10.2 Å². The molecule has 94 valence electrons. The average Bonchev–Trinajstić information content (AvgIpc) is 2.69. The summed E-state index contributed by atoms with van der Waals surface area (Å²) < 4.78 is 1.71. The standard InChI is InChI=1S/C11H12N4O2S/c1-15-10(7-4-2-3-5-8(7)16)13-14-11(15)18-6-9(12)17/h2-5,16H,6H2,1H3,(H2,12,17). The second-order valence-corrected chi connectivity index (χ2v) is 4.58. The van der Waals surface area contributed by atoms with Crippen molar-refractivity contribution in [3.8, 4) is 17.1 Å². The molecule has 0 aliphatic carbocycles. The number of aromatic hydroxyl groups is 1. The van der Waals surface area contributed by atoms with Crippen molar-refractivity contribution in [3.63, 3.8) is 0 Å². The Morgan fingerprint density at radius 3 is 2.83 bits per heavy atom. The summed E-state index contributed by atoms with van der Waals surface area (Å²) in [6.07, 6.45) is 0. The minimum Gasteiger partial charge on any atom is -0.507 e. The summed E-state index contributed by atoms with van der Waals surface area (Å²) in [6.45, 7) is 0. The van der Waals surface area contributed by atoms with Gasteiger partial charge in [-0.2, -0.15) is 0 Å². The quantitative estimate of drug-likeness (QED) is 0.795. The molecule has 0 saturated heterocycles. The van der Waals surface area contributed by atoms with Crippen LogP contribution in [0, 0.1) is 0 Å². The maximum Gasteiger partial charge on any atom is 0.227 e. The first-order chi connectivity index (χ1) is 8.59. The first-order valence-electron chi connectivity index (χ1n) is 5.18. The van der Waals surface area contributed by atoms with Gasteiger partial charge < -0.3 is 15.4 Å². The molecule has 0 fully saturated rings. The monoisotopic (exact) mass is 264 g/mol. The van der Waals surface area contributed by atoms with E-state index in [1.165, 1.54) is 11.8 Å². The molecule has 2 aromatic rings. The van der Waals surface area contributed by atoms with Gasteiger partial charge in [-0.1, -0.05) is 23.9 Å². The first kappa shape index (κ1) is 12.4. The lowest BCUT2D eigenvalue weighted by molar-refractivity contribution is -0.115. The van der Waals surface area contributed by atoms with Gasteiger partial charge in [0.1, 0.15) is 5.75 Å². The van der Waals surface area contributed by atoms with Crippen molar-refractivity contribution in [1.82, 2.24) is 14.8 Å². The Bertz CT molecular complexity index is 582. The second kappa shape index (κ2) is 5.09. The molecule has 7 heteroatoms. The Morgan fingerprint density at radius 1 is 1.44 bits per heavy atom. The van der Waals surface area contributed by atoms with Crippen LogP contribution >= 0.6 is 11.8 Å². The number of nitrogens with zero attached hydrogens (tertiary/aromatic N) is 3. The Balaban J connectivity index is 2.31. The summed E-state index contributed by atoms with van der Waals surface area (Å²) in [7, 11) is 1.77. The van der Waals surface area contributed by atoms with Crippen LogP contribution in [0.25, 0.3) is 11.4 Å². The smallest absolute Gasteiger partial charge is 0.227 e. The Labute approximate surface area is 108 Å². The lowest BCUT2D eigenvalue weighted by Crippen LogP contribution is -2.13. The average molecular weight is 264 g/mol. The number of amides is 1. The minimum atomic E-state index is -0.410. The van der Waals surface area contributed by atoms with Crippen LogP contribution in [-0.2, 0) is 11.8 Å². The summed E-state index contributed by atoms with van der Waals surface area (Å²) in [4.78, 5) is 10.7. The molecule has 0 saturated carbocycles. The predicted octanol–water partition coefficient (Wildman–Crippen LogP) is 0.765. The van der Waals surface area contributed by atoms with Gasteiger partial charge in [-0.3, -0.25) is 4.79 Å². The van der Waals surface area contributed by atoms with E-state index in [1.54, 1.807) is 35.9 Å². The Hall–Kier alpha value is -2.02. The van der Waals surface area contributed by atoms with Crippen molar-refractivity contribution < 1.29 is 9.90 Å². The van der Waals surface area contributed by atoms with Crippen LogP contribution in [0.2, 0.25) is 0 Å². The zero-order chi connectivity index (χ0) is 13.1. The molecule has 0 atom stereocenters. The third kappa shape index (κ3) is 2.45. The van der Waals surface area contributed by atoms with Crippen LogP contribution in [0.4, 0.5) is 0 Å². The fraction of sp³-hybridized carbons (Fsp3) is 0.182. The number of thioether (sulfide) groups is 1. The zero-order valence-corrected chi connectivity index (χ0v) is 10.5. The molecular formula is C11H12N4O2S. The molecule has 0 radical (unpaired) electrons. The van der Waals surface area contributed by atoms with Crippen LogP contribution in [0.1, 0.15) is 0 Å². The largest absolute Gasteiger partial charge is 0.507 e. The number of aromatic nitrogens is 3. The first-order valence-corrected chi connectivity index (χ1v) is 6.17. The highest BCUT2D eigenvalue weighted by Crippen LogP contribution is 2.28. The molecule has 1 aromatic heterocycles. The fourth-order valence-electron chi connectivity index (χ4n) is 1.47. The summed E-state index contributed by atoms with van der Waals surface area (Å²) in [5.74, 6) is 0.416. The summed E-state index contributed by atoms with van der Waals surface area (Å²) in [6, 6.07) is 6.88. The van der Waals surface area contributed by atoms with E-state index in [0.29, 0.717) is 16.5 Å². The fourth-order valence-corrected chi connectivity index (χ4v) is 2.12. The number of hydrogen-bond donors (Lipinski definition) is 2. The number of hydrogen-bond acceptors (Lipinski definition) is 5. The van der Waals surface area contributed by atoms with Crippen LogP contribution in [0.5, 0.6) is 5.75 Å². The third-order valence-electron chi connectivity index (χ3n) is 2.32. The van der Waals surface area contributed by atoms with Crippen molar-refractivity contribution in [2.24, 2.45) is 12.8 Å². The number of carbonyl (C=O) groups excluding carboxylic acids is 1. The van der Waals surface area contributed by atoms with E-state index in [9.17, 15) is 9.90 Å². The number of carbonyl (C=O) groups is 1. The normalized spacial score (nSPS) is 10.5. The van der Waals surface area contributed by atoms with E-state index in [0.717, 1.165) is 0 Å². The predicted molar refractivity (Wildman–Crippen MR) is 68.0 cm³/mol. The molecule has 0 spiro atoms. The Morgan fingerprint density at radius 2 is 2.17 bits per heavy atom. The maximum atomic E-state index is 10.7. The van der Waals surface area contributed by atoms with E-state index < -0.39 is 5.91 Å². The molecule has 0 aliphatic heterocycles. The summed E-state index contributed by atoms with van der Waals surface area (Å²) in [5, 5.41) is 18.3. The molecule has 1 aromatic carbocycles. The highest BCUT2D eigenvalue weighted by molar-refractivity contribution is 7.99. The van der Waals surface area contributed by atoms with E-state index >= 15 is 0 Å². The van der Waals surface area contributed by atoms with Crippen molar-refractivity contribution in [3.05, 3.63) is 24.3 Å². The topological polar surface area (TPSA) is 94.0 Å². The molecule has 0 unspecified atom stereocenters.